The van der Waals surface area contributed by atoms with Gasteiger partial charge < -0.3 is 9.30 Å². The molecule has 1 aromatic heterocycles. The Kier molecular flexibility index (Phi) is 4.24. The van der Waals surface area contributed by atoms with Crippen LogP contribution in [0, 0.1) is 19.3 Å². The molecule has 0 aliphatic carbocycles. The molecule has 2 aliphatic heterocycles. The Bertz CT molecular complexity index is 1060. The average Bonchev–Trinajstić information content (AvgIpc) is 3.23. The third-order valence-corrected chi connectivity index (χ3v) is 5.37. The number of fused-ring (bicyclic) bond motifs is 1. The van der Waals surface area contributed by atoms with Gasteiger partial charge in [-0.25, -0.2) is 0 Å². The predicted molar refractivity (Wildman–Crippen MR) is 109 cm³/mol. The highest BCUT2D eigenvalue weighted by Gasteiger charge is 2.31. The van der Waals surface area contributed by atoms with Gasteiger partial charge in [0.25, 0.3) is 5.91 Å². The van der Waals surface area contributed by atoms with Crippen LogP contribution in [0.5, 0.6) is 5.75 Å². The van der Waals surface area contributed by atoms with Gasteiger partial charge in [-0.1, -0.05) is 23.9 Å². The minimum absolute atomic E-state index is 0.147. The van der Waals surface area contributed by atoms with Crippen molar-refractivity contribution in [1.82, 2.24) is 9.47 Å². The maximum absolute atomic E-state index is 12.4. The Hall–Kier alpha value is -3.06. The molecule has 1 N–H and O–H groups in total. The molecule has 136 valence electrons. The minimum Gasteiger partial charge on any atom is -0.495 e. The smallest absolute Gasteiger partial charge is 0.283 e. The number of hydrogen-bond acceptors (Lipinski definition) is 4. The minimum atomic E-state index is -0.385. The van der Waals surface area contributed by atoms with E-state index in [1.165, 1.54) is 11.8 Å². The van der Waals surface area contributed by atoms with Gasteiger partial charge in [-0.15, -0.1) is 0 Å². The predicted octanol–water partition coefficient (Wildman–Crippen LogP) is 3.88. The zero-order valence-electron chi connectivity index (χ0n) is 15.2. The monoisotopic (exact) mass is 378 g/mol. The van der Waals surface area contributed by atoms with Gasteiger partial charge in [-0.3, -0.25) is 15.1 Å². The van der Waals surface area contributed by atoms with Crippen molar-refractivity contribution >= 4 is 34.7 Å². The summed E-state index contributed by atoms with van der Waals surface area (Å²) in [7, 11) is 1.65. The lowest BCUT2D eigenvalue weighted by Crippen LogP contribution is -2.35. The molecule has 3 heterocycles. The van der Waals surface area contributed by atoms with E-state index in [0.717, 1.165) is 28.4 Å². The third-order valence-electron chi connectivity index (χ3n) is 4.61. The second-order valence-corrected chi connectivity index (χ2v) is 7.09. The lowest BCUT2D eigenvalue weighted by molar-refractivity contribution is -0.114. The first-order chi connectivity index (χ1) is 13.0. The average molecular weight is 378 g/mol. The number of thioether (sulfide) groups is 1. The molecule has 2 aliphatic rings. The number of rotatable bonds is 3. The molecule has 0 saturated heterocycles. The van der Waals surface area contributed by atoms with Crippen molar-refractivity contribution < 1.29 is 9.53 Å². The lowest BCUT2D eigenvalue weighted by Gasteiger charge is -2.22. The van der Waals surface area contributed by atoms with Crippen LogP contribution in [0.3, 0.4) is 0 Å². The number of amidine groups is 2. The number of aliphatic imine (C=N–C) groups is 1. The largest absolute Gasteiger partial charge is 0.495 e. The van der Waals surface area contributed by atoms with E-state index in [4.69, 9.17) is 10.1 Å². The van der Waals surface area contributed by atoms with Crippen LogP contribution in [0.2, 0.25) is 0 Å². The topological polar surface area (TPSA) is 70.7 Å². The highest BCUT2D eigenvalue weighted by Crippen LogP contribution is 2.31. The second kappa shape index (κ2) is 6.59. The van der Waals surface area contributed by atoms with Gasteiger partial charge in [-0.2, -0.15) is 4.99 Å². The molecule has 0 bridgehead atoms. The molecule has 0 atom stereocenters. The number of para-hydroxylation sites is 2. The van der Waals surface area contributed by atoms with E-state index in [2.05, 4.69) is 9.56 Å². The van der Waals surface area contributed by atoms with E-state index in [1.807, 2.05) is 49.6 Å². The molecule has 0 fully saturated rings. The number of ether oxygens (including phenoxy) is 1. The second-order valence-electron chi connectivity index (χ2n) is 6.21. The Labute approximate surface area is 161 Å². The Morgan fingerprint density at radius 2 is 2.04 bits per heavy atom. The van der Waals surface area contributed by atoms with Gasteiger partial charge in [0, 0.05) is 17.6 Å². The third kappa shape index (κ3) is 2.80. The number of carbonyl (C=O) groups is 1. The first-order valence-corrected chi connectivity index (χ1v) is 9.27. The van der Waals surface area contributed by atoms with E-state index >= 15 is 0 Å². The molecule has 0 radical (unpaired) electrons. The van der Waals surface area contributed by atoms with Crippen molar-refractivity contribution in [2.24, 2.45) is 4.99 Å². The number of aryl methyl sites for hydroxylation is 1. The van der Waals surface area contributed by atoms with E-state index in [-0.39, 0.29) is 17.3 Å². The van der Waals surface area contributed by atoms with Crippen LogP contribution < -0.4 is 4.74 Å². The first kappa shape index (κ1) is 17.4. The number of aromatic nitrogens is 1. The molecule has 0 spiro atoms. The molecular formula is C20H18N4O2S. The van der Waals surface area contributed by atoms with Gasteiger partial charge in [0.15, 0.2) is 5.17 Å². The number of benzene rings is 1. The van der Waals surface area contributed by atoms with Crippen molar-refractivity contribution in [3.05, 3.63) is 64.5 Å². The van der Waals surface area contributed by atoms with E-state index in [1.54, 1.807) is 24.3 Å². The fourth-order valence-corrected chi connectivity index (χ4v) is 4.01. The van der Waals surface area contributed by atoms with Crippen molar-refractivity contribution in [2.45, 2.75) is 13.8 Å². The summed E-state index contributed by atoms with van der Waals surface area (Å²) in [6.07, 6.45) is 3.50. The van der Waals surface area contributed by atoms with Gasteiger partial charge >= 0.3 is 0 Å². The van der Waals surface area contributed by atoms with Gasteiger partial charge in [0.1, 0.15) is 11.6 Å². The number of hydrogen-bond donors (Lipinski definition) is 1. The maximum Gasteiger partial charge on any atom is 0.283 e. The van der Waals surface area contributed by atoms with Crippen molar-refractivity contribution in [3.8, 4) is 11.4 Å². The quantitative estimate of drug-likeness (QED) is 0.823. The fourth-order valence-electron chi connectivity index (χ4n) is 3.31. The summed E-state index contributed by atoms with van der Waals surface area (Å²) < 4.78 is 7.58. The van der Waals surface area contributed by atoms with Crippen LogP contribution in [0.1, 0.15) is 17.0 Å². The number of methoxy groups -OCH3 is 1. The summed E-state index contributed by atoms with van der Waals surface area (Å²) in [6.45, 7) is 3.99. The summed E-state index contributed by atoms with van der Waals surface area (Å²) in [5.74, 6) is 0.534. The zero-order valence-corrected chi connectivity index (χ0v) is 16.0. The number of carbonyl (C=O) groups excluding carboxylic acids is 1. The van der Waals surface area contributed by atoms with Crippen LogP contribution in [-0.2, 0) is 4.79 Å². The standard InChI is InChI=1S/C20H18N4O2S/c1-12-10-14(13(2)24(12)16-6-4-5-7-17(16)26-3)11-15-18(21)23-8-9-27-20(23)22-19(15)25/h4-11,21H,1-3H3. The maximum atomic E-state index is 12.4. The molecule has 0 saturated carbocycles. The summed E-state index contributed by atoms with van der Waals surface area (Å²) in [5.41, 5.74) is 4.07. The first-order valence-electron chi connectivity index (χ1n) is 8.40. The van der Waals surface area contributed by atoms with Crippen LogP contribution in [0.25, 0.3) is 11.8 Å². The van der Waals surface area contributed by atoms with Crippen molar-refractivity contribution in [1.29, 1.82) is 5.41 Å². The Balaban J connectivity index is 1.81. The molecule has 2 aromatic rings. The summed E-state index contributed by atoms with van der Waals surface area (Å²) >= 11 is 1.34. The van der Waals surface area contributed by atoms with Crippen LogP contribution in [0.15, 0.2) is 52.5 Å². The number of nitrogens with one attached hydrogen (secondary N) is 1. The summed E-state index contributed by atoms with van der Waals surface area (Å²) in [4.78, 5) is 18.1. The SMILES string of the molecule is COc1ccccc1-n1c(C)cc(C=C2C(=N)N3C=CSC3=NC2=O)c1C. The van der Waals surface area contributed by atoms with Gasteiger partial charge in [-0.05, 0) is 49.1 Å². The summed E-state index contributed by atoms with van der Waals surface area (Å²) in [6, 6.07) is 9.80. The highest BCUT2D eigenvalue weighted by atomic mass is 32.2. The molecule has 27 heavy (non-hydrogen) atoms. The van der Waals surface area contributed by atoms with Gasteiger partial charge in [0.2, 0.25) is 0 Å². The van der Waals surface area contributed by atoms with Crippen molar-refractivity contribution in [3.63, 3.8) is 0 Å². The van der Waals surface area contributed by atoms with E-state index in [0.29, 0.717) is 5.17 Å². The number of nitrogens with zero attached hydrogens (tertiary/aromatic N) is 3. The van der Waals surface area contributed by atoms with Crippen molar-refractivity contribution in [2.75, 3.05) is 7.11 Å². The van der Waals surface area contributed by atoms with Crippen LogP contribution in [-0.4, -0.2) is 33.5 Å². The molecule has 4 rings (SSSR count). The normalized spacial score (nSPS) is 17.5. The van der Waals surface area contributed by atoms with E-state index in [9.17, 15) is 4.79 Å². The molecule has 1 aromatic carbocycles. The van der Waals surface area contributed by atoms with Crippen LogP contribution in [0.4, 0.5) is 0 Å². The van der Waals surface area contributed by atoms with Crippen LogP contribution >= 0.6 is 11.8 Å². The summed E-state index contributed by atoms with van der Waals surface area (Å²) in [5, 5.41) is 10.7. The van der Waals surface area contributed by atoms with E-state index < -0.39 is 0 Å². The zero-order chi connectivity index (χ0) is 19.1. The Morgan fingerprint density at radius 1 is 1.26 bits per heavy atom. The molecule has 6 nitrogen and oxygen atoms in total. The highest BCUT2D eigenvalue weighted by molar-refractivity contribution is 8.16. The fraction of sp³-hybridized carbons (Fsp3) is 0.150. The number of amides is 1. The molecule has 1 amide bonds. The molecule has 0 unspecified atom stereocenters. The lowest BCUT2D eigenvalue weighted by atomic mass is 10.1. The van der Waals surface area contributed by atoms with Gasteiger partial charge in [0.05, 0.1) is 18.4 Å². The Morgan fingerprint density at radius 3 is 2.81 bits per heavy atom. The molecule has 7 heteroatoms. The molecular weight excluding hydrogens is 360 g/mol.